The Balaban J connectivity index is 0.000000187. The lowest BCUT2D eigenvalue weighted by Crippen LogP contribution is -2.19. The maximum absolute atomic E-state index is 2.25. The monoisotopic (exact) mass is 330 g/mol. The first-order valence-corrected chi connectivity index (χ1v) is 8.26. The van der Waals surface area contributed by atoms with Gasteiger partial charge in [-0.1, -0.05) is 112 Å². The Hall–Kier alpha value is -2.60. The fourth-order valence-corrected chi connectivity index (χ4v) is 2.78. The van der Waals surface area contributed by atoms with Gasteiger partial charge in [0.1, 0.15) is 0 Å². The van der Waals surface area contributed by atoms with Crippen LogP contribution < -0.4 is 20.9 Å². The van der Waals surface area contributed by atoms with Crippen LogP contribution in [0.5, 0.6) is 0 Å². The first kappa shape index (κ1) is 20.4. The lowest BCUT2D eigenvalue weighted by Gasteiger charge is -1.79. The van der Waals surface area contributed by atoms with Crippen LogP contribution in [0, 0.1) is 0 Å². The van der Waals surface area contributed by atoms with Crippen molar-refractivity contribution in [1.82, 2.24) is 0 Å². The second kappa shape index (κ2) is 11.0. The molecule has 0 heteroatoms. The van der Waals surface area contributed by atoms with E-state index in [1.165, 1.54) is 20.9 Å². The molecule has 0 aliphatic heterocycles. The number of allylic oxidation sites excluding steroid dienone is 4. The summed E-state index contributed by atoms with van der Waals surface area (Å²) >= 11 is 0. The van der Waals surface area contributed by atoms with E-state index in [9.17, 15) is 0 Å². The fraction of sp³-hybridized carbons (Fsp3) is 0.200. The molecule has 0 aromatic heterocycles. The number of benzene rings is 2. The molecule has 0 spiro atoms. The van der Waals surface area contributed by atoms with Gasteiger partial charge in [0.25, 0.3) is 0 Å². The molecule has 130 valence electrons. The molecule has 0 radical (unpaired) electrons. The normalized spacial score (nSPS) is 13.4. The summed E-state index contributed by atoms with van der Waals surface area (Å²) in [6.45, 7) is 0. The van der Waals surface area contributed by atoms with Crippen molar-refractivity contribution in [3.05, 3.63) is 93.7 Å². The minimum Gasteiger partial charge on any atom is -0.0808 e. The van der Waals surface area contributed by atoms with Crippen LogP contribution in [0.3, 0.4) is 0 Å². The molecule has 0 nitrogen and oxygen atoms in total. The van der Waals surface area contributed by atoms with Gasteiger partial charge < -0.3 is 0 Å². The molecule has 3 aliphatic rings. The van der Waals surface area contributed by atoms with E-state index in [-0.39, 0.29) is 14.9 Å². The highest BCUT2D eigenvalue weighted by Gasteiger charge is 1.88. The van der Waals surface area contributed by atoms with E-state index in [0.29, 0.717) is 0 Å². The van der Waals surface area contributed by atoms with Gasteiger partial charge in [-0.2, -0.15) is 0 Å². The van der Waals surface area contributed by atoms with Crippen LogP contribution in [0.4, 0.5) is 0 Å². The molecule has 0 unspecified atom stereocenters. The summed E-state index contributed by atoms with van der Waals surface area (Å²) in [6, 6.07) is 16.9. The maximum Gasteiger partial charge on any atom is -0.0151 e. The molecular formula is C25H30. The van der Waals surface area contributed by atoms with E-state index in [0.717, 1.165) is 19.3 Å². The van der Waals surface area contributed by atoms with E-state index < -0.39 is 0 Å². The van der Waals surface area contributed by atoms with Crippen molar-refractivity contribution in [3.8, 4) is 0 Å². The molecule has 0 bridgehead atoms. The van der Waals surface area contributed by atoms with Gasteiger partial charge in [-0.15, -0.1) is 0 Å². The molecule has 0 atom stereocenters. The van der Waals surface area contributed by atoms with Crippen molar-refractivity contribution in [3.63, 3.8) is 0 Å². The summed E-state index contributed by atoms with van der Waals surface area (Å²) in [7, 11) is 0. The predicted octanol–water partition coefficient (Wildman–Crippen LogP) is 4.08. The molecule has 25 heavy (non-hydrogen) atoms. The molecule has 0 amide bonds. The third-order valence-electron chi connectivity index (χ3n) is 4.00. The zero-order valence-electron chi connectivity index (χ0n) is 13.4. The number of hydrogen-bond acceptors (Lipinski definition) is 0. The van der Waals surface area contributed by atoms with Gasteiger partial charge in [-0.05, 0) is 40.1 Å². The van der Waals surface area contributed by atoms with Crippen LogP contribution in [0.2, 0.25) is 0 Å². The summed E-state index contributed by atoms with van der Waals surface area (Å²) < 4.78 is 0. The minimum absolute atomic E-state index is 0. The van der Waals surface area contributed by atoms with Gasteiger partial charge in [0.15, 0.2) is 0 Å². The zero-order chi connectivity index (χ0) is 15.7. The van der Waals surface area contributed by atoms with Crippen molar-refractivity contribution >= 4 is 24.3 Å². The van der Waals surface area contributed by atoms with E-state index in [1.807, 2.05) is 0 Å². The molecule has 0 heterocycles. The Morgan fingerprint density at radius 3 is 1.00 bits per heavy atom. The van der Waals surface area contributed by atoms with Crippen molar-refractivity contribution in [2.45, 2.75) is 34.1 Å². The number of fused-ring (bicyclic) bond motifs is 2. The van der Waals surface area contributed by atoms with Crippen molar-refractivity contribution in [1.29, 1.82) is 0 Å². The van der Waals surface area contributed by atoms with Crippen LogP contribution >= 0.6 is 0 Å². The van der Waals surface area contributed by atoms with E-state index >= 15 is 0 Å². The molecular weight excluding hydrogens is 300 g/mol. The van der Waals surface area contributed by atoms with Crippen LogP contribution in [0.1, 0.15) is 34.1 Å². The highest BCUT2D eigenvalue weighted by atomic mass is 13.9. The average molecular weight is 331 g/mol. The SMILES string of the molecule is C.C.C1=CCC=C1.C1=c2ccccc2=CC1.C1=c2ccccc2=CC1. The summed E-state index contributed by atoms with van der Waals surface area (Å²) in [6.07, 6.45) is 20.7. The molecule has 0 fully saturated rings. The topological polar surface area (TPSA) is 0 Å². The minimum atomic E-state index is 0. The average Bonchev–Trinajstić information content (AvgIpc) is 3.37. The first-order valence-electron chi connectivity index (χ1n) is 8.26. The summed E-state index contributed by atoms with van der Waals surface area (Å²) in [4.78, 5) is 0. The Bertz CT molecular complexity index is 795. The molecule has 5 rings (SSSR count). The first-order chi connectivity index (χ1) is 11.4. The van der Waals surface area contributed by atoms with Crippen LogP contribution in [-0.4, -0.2) is 0 Å². The Labute approximate surface area is 152 Å². The Kier molecular flexibility index (Phi) is 9.03. The van der Waals surface area contributed by atoms with Gasteiger partial charge in [-0.3, -0.25) is 0 Å². The third-order valence-corrected chi connectivity index (χ3v) is 4.00. The highest BCUT2D eigenvalue weighted by molar-refractivity contribution is 5.46. The highest BCUT2D eigenvalue weighted by Crippen LogP contribution is 1.93. The van der Waals surface area contributed by atoms with Gasteiger partial charge in [-0.25, -0.2) is 0 Å². The second-order valence-corrected chi connectivity index (χ2v) is 5.64. The lowest BCUT2D eigenvalue weighted by atomic mass is 10.3. The third kappa shape index (κ3) is 6.08. The van der Waals surface area contributed by atoms with Crippen molar-refractivity contribution < 1.29 is 0 Å². The molecule has 0 saturated carbocycles. The van der Waals surface area contributed by atoms with Gasteiger partial charge in [0.2, 0.25) is 0 Å². The molecule has 2 aromatic carbocycles. The summed E-state index contributed by atoms with van der Waals surface area (Å²) in [5.41, 5.74) is 0. The lowest BCUT2D eigenvalue weighted by molar-refractivity contribution is 1.45. The Morgan fingerprint density at radius 2 is 0.760 bits per heavy atom. The van der Waals surface area contributed by atoms with Gasteiger partial charge in [0, 0.05) is 0 Å². The van der Waals surface area contributed by atoms with E-state index in [4.69, 9.17) is 0 Å². The Morgan fingerprint density at radius 1 is 0.440 bits per heavy atom. The molecule has 0 saturated heterocycles. The fourth-order valence-electron chi connectivity index (χ4n) is 2.78. The quantitative estimate of drug-likeness (QED) is 0.683. The van der Waals surface area contributed by atoms with Crippen molar-refractivity contribution in [2.75, 3.05) is 0 Å². The standard InChI is InChI=1S/2C9H8.C5H6.2CH4/c2*1-2-5-9-7-3-6-8(9)4-1;1-2-4-5-3-1;;/h2*1-2,4-7H,3H2;1-4H,5H2;2*1H4. The molecule has 2 aromatic rings. The predicted molar refractivity (Wildman–Crippen MR) is 115 cm³/mol. The van der Waals surface area contributed by atoms with Gasteiger partial charge >= 0.3 is 0 Å². The molecule has 0 N–H and O–H groups in total. The van der Waals surface area contributed by atoms with Crippen LogP contribution in [0.25, 0.3) is 24.3 Å². The van der Waals surface area contributed by atoms with Crippen molar-refractivity contribution in [2.24, 2.45) is 0 Å². The summed E-state index contributed by atoms with van der Waals surface area (Å²) in [5.74, 6) is 0. The number of rotatable bonds is 0. The molecule has 3 aliphatic carbocycles. The van der Waals surface area contributed by atoms with E-state index in [1.54, 1.807) is 0 Å². The second-order valence-electron chi connectivity index (χ2n) is 5.64. The smallest absolute Gasteiger partial charge is 0.0151 e. The van der Waals surface area contributed by atoms with Gasteiger partial charge in [0.05, 0.1) is 0 Å². The largest absolute Gasteiger partial charge is 0.0808 e. The van der Waals surface area contributed by atoms with Crippen LogP contribution in [-0.2, 0) is 0 Å². The summed E-state index contributed by atoms with van der Waals surface area (Å²) in [5, 5.41) is 5.55. The maximum atomic E-state index is 2.25. The zero-order valence-corrected chi connectivity index (χ0v) is 13.4. The number of hydrogen-bond donors (Lipinski definition) is 0. The van der Waals surface area contributed by atoms with Crippen LogP contribution in [0.15, 0.2) is 72.8 Å². The van der Waals surface area contributed by atoms with E-state index in [2.05, 4.69) is 97.1 Å².